The second-order valence-electron chi connectivity index (χ2n) is 10.6. The average Bonchev–Trinajstić information content (AvgIpc) is 3.33. The van der Waals surface area contributed by atoms with Crippen molar-refractivity contribution >= 4 is 29.0 Å². The molecule has 0 aliphatic carbocycles. The van der Waals surface area contributed by atoms with E-state index < -0.39 is 0 Å². The lowest BCUT2D eigenvalue weighted by molar-refractivity contribution is 0.418. The van der Waals surface area contributed by atoms with E-state index in [0.717, 1.165) is 52.8 Å². The summed E-state index contributed by atoms with van der Waals surface area (Å²) in [6.07, 6.45) is 3.73. The van der Waals surface area contributed by atoms with E-state index in [9.17, 15) is 0 Å². The topological polar surface area (TPSA) is 82.9 Å². The van der Waals surface area contributed by atoms with Crippen LogP contribution in [0.2, 0.25) is 0 Å². The quantitative estimate of drug-likeness (QED) is 0.220. The number of benzene rings is 1. The van der Waals surface area contributed by atoms with Crippen LogP contribution in [0.3, 0.4) is 0 Å². The van der Waals surface area contributed by atoms with Gasteiger partial charge in [-0.2, -0.15) is 15.1 Å². The molecule has 196 valence electrons. The normalized spacial score (nSPS) is 11.0. The van der Waals surface area contributed by atoms with E-state index in [1.807, 2.05) is 29.9 Å². The van der Waals surface area contributed by atoms with E-state index in [0.29, 0.717) is 19.0 Å². The van der Waals surface area contributed by atoms with Crippen LogP contribution < -0.4 is 20.9 Å². The van der Waals surface area contributed by atoms with Gasteiger partial charge in [0.05, 0.1) is 12.2 Å². The van der Waals surface area contributed by atoms with Crippen molar-refractivity contribution in [3.63, 3.8) is 0 Å². The van der Waals surface area contributed by atoms with E-state index in [1.165, 1.54) is 0 Å². The van der Waals surface area contributed by atoms with Crippen molar-refractivity contribution < 1.29 is 0 Å². The number of aromatic nitrogens is 4. The maximum absolute atomic E-state index is 4.85. The summed E-state index contributed by atoms with van der Waals surface area (Å²) >= 11 is 0. The van der Waals surface area contributed by atoms with E-state index >= 15 is 0 Å². The zero-order valence-corrected chi connectivity index (χ0v) is 23.0. The SMILES string of the molecule is C=C=C(NCC(=C)C)c1ccc(C)c(Nc2nc(NCCn3cccn3)cc(N(C)CC(C)(C)C)n2)c1. The molecule has 1 aromatic carbocycles. The summed E-state index contributed by atoms with van der Waals surface area (Å²) < 4.78 is 1.89. The minimum atomic E-state index is 0.121. The third-order valence-electron chi connectivity index (χ3n) is 5.54. The fourth-order valence-corrected chi connectivity index (χ4v) is 3.84. The average molecular weight is 501 g/mol. The van der Waals surface area contributed by atoms with E-state index in [4.69, 9.17) is 9.97 Å². The zero-order chi connectivity index (χ0) is 27.0. The minimum Gasteiger partial charge on any atom is -0.375 e. The van der Waals surface area contributed by atoms with E-state index in [1.54, 1.807) is 6.20 Å². The first kappa shape index (κ1) is 27.6. The predicted molar refractivity (Wildman–Crippen MR) is 155 cm³/mol. The molecule has 2 heterocycles. The van der Waals surface area contributed by atoms with Crippen molar-refractivity contribution in [3.8, 4) is 0 Å². The molecule has 0 saturated heterocycles. The molecule has 0 atom stereocenters. The van der Waals surface area contributed by atoms with Crippen LogP contribution in [-0.4, -0.2) is 46.4 Å². The van der Waals surface area contributed by atoms with Gasteiger partial charge in [0, 0.05) is 56.4 Å². The van der Waals surface area contributed by atoms with Crippen molar-refractivity contribution in [3.05, 3.63) is 78.3 Å². The molecule has 0 amide bonds. The van der Waals surface area contributed by atoms with Crippen molar-refractivity contribution in [1.82, 2.24) is 25.1 Å². The first-order chi connectivity index (χ1) is 17.5. The highest BCUT2D eigenvalue weighted by molar-refractivity contribution is 5.71. The molecular formula is C29H40N8. The number of anilines is 4. The molecular weight excluding hydrogens is 460 g/mol. The van der Waals surface area contributed by atoms with Crippen LogP contribution in [0, 0.1) is 12.3 Å². The van der Waals surface area contributed by atoms with Crippen molar-refractivity contribution in [2.24, 2.45) is 5.41 Å². The van der Waals surface area contributed by atoms with Crippen LogP contribution in [0.1, 0.15) is 38.8 Å². The van der Waals surface area contributed by atoms with Gasteiger partial charge in [-0.3, -0.25) is 4.68 Å². The summed E-state index contributed by atoms with van der Waals surface area (Å²) in [6.45, 7) is 21.5. The van der Waals surface area contributed by atoms with Crippen LogP contribution in [0.4, 0.5) is 23.3 Å². The van der Waals surface area contributed by atoms with Gasteiger partial charge in [-0.15, -0.1) is 5.73 Å². The fourth-order valence-electron chi connectivity index (χ4n) is 3.84. The van der Waals surface area contributed by atoms with Gasteiger partial charge < -0.3 is 20.9 Å². The molecule has 0 aliphatic rings. The monoisotopic (exact) mass is 500 g/mol. The lowest BCUT2D eigenvalue weighted by atomic mass is 9.96. The Hall–Kier alpha value is -4.03. The van der Waals surface area contributed by atoms with Gasteiger partial charge >= 0.3 is 0 Å². The van der Waals surface area contributed by atoms with Crippen LogP contribution in [0.25, 0.3) is 5.70 Å². The van der Waals surface area contributed by atoms with Crippen molar-refractivity contribution in [1.29, 1.82) is 0 Å². The third kappa shape index (κ3) is 8.54. The van der Waals surface area contributed by atoms with E-state index in [-0.39, 0.29) is 5.41 Å². The molecule has 8 heteroatoms. The molecule has 0 fully saturated rings. The standard InChI is InChI=1S/C29H40N8/c1-9-24(31-19-21(2)3)23-12-11-22(4)25(17-23)33-28-34-26(30-14-16-37-15-10-13-32-37)18-27(35-28)36(8)20-29(5,6)7/h10-13,15,17-18,31H,1-2,14,16,19-20H2,3-8H3,(H2,30,33,34,35). The number of nitrogens with one attached hydrogen (secondary N) is 3. The smallest absolute Gasteiger partial charge is 0.231 e. The Kier molecular flexibility index (Phi) is 9.15. The Bertz CT molecular complexity index is 1250. The Morgan fingerprint density at radius 3 is 2.62 bits per heavy atom. The second kappa shape index (κ2) is 12.3. The molecule has 3 aromatic rings. The van der Waals surface area contributed by atoms with Crippen molar-refractivity contribution in [2.75, 3.05) is 42.2 Å². The summed E-state index contributed by atoms with van der Waals surface area (Å²) in [6, 6.07) is 10.1. The third-order valence-corrected chi connectivity index (χ3v) is 5.54. The molecule has 37 heavy (non-hydrogen) atoms. The highest BCUT2D eigenvalue weighted by atomic mass is 15.3. The van der Waals surface area contributed by atoms with Gasteiger partial charge in [0.1, 0.15) is 11.6 Å². The second-order valence-corrected chi connectivity index (χ2v) is 10.6. The maximum atomic E-state index is 4.85. The van der Waals surface area contributed by atoms with Crippen LogP contribution in [0.5, 0.6) is 0 Å². The molecule has 3 N–H and O–H groups in total. The van der Waals surface area contributed by atoms with E-state index in [2.05, 4.69) is 97.8 Å². The molecule has 0 saturated carbocycles. The number of aryl methyl sites for hydroxylation is 1. The zero-order valence-electron chi connectivity index (χ0n) is 23.0. The highest BCUT2D eigenvalue weighted by Crippen LogP contribution is 2.26. The van der Waals surface area contributed by atoms with Crippen molar-refractivity contribution in [2.45, 2.75) is 41.2 Å². The predicted octanol–water partition coefficient (Wildman–Crippen LogP) is 5.61. The summed E-state index contributed by atoms with van der Waals surface area (Å²) in [4.78, 5) is 11.8. The minimum absolute atomic E-state index is 0.121. The molecule has 0 aliphatic heterocycles. The molecule has 2 aromatic heterocycles. The summed E-state index contributed by atoms with van der Waals surface area (Å²) in [7, 11) is 2.06. The largest absolute Gasteiger partial charge is 0.375 e. The Labute approximate surface area is 221 Å². The summed E-state index contributed by atoms with van der Waals surface area (Å²) in [5.41, 5.74) is 7.96. The van der Waals surface area contributed by atoms with Crippen LogP contribution in [-0.2, 0) is 6.54 Å². The Morgan fingerprint density at radius 1 is 1.19 bits per heavy atom. The lowest BCUT2D eigenvalue weighted by Gasteiger charge is -2.28. The Morgan fingerprint density at radius 2 is 1.97 bits per heavy atom. The molecule has 8 nitrogen and oxygen atoms in total. The Balaban J connectivity index is 1.88. The number of hydrogen-bond donors (Lipinski definition) is 3. The van der Waals surface area contributed by atoms with Gasteiger partial charge in [-0.25, -0.2) is 0 Å². The lowest BCUT2D eigenvalue weighted by Crippen LogP contribution is -2.30. The highest BCUT2D eigenvalue weighted by Gasteiger charge is 2.17. The maximum Gasteiger partial charge on any atom is 0.231 e. The summed E-state index contributed by atoms with van der Waals surface area (Å²) in [5.74, 6) is 2.13. The first-order valence-corrected chi connectivity index (χ1v) is 12.5. The molecule has 0 spiro atoms. The molecule has 0 unspecified atom stereocenters. The fraction of sp³-hybridized carbons (Fsp3) is 0.379. The number of nitrogens with zero attached hydrogens (tertiary/aromatic N) is 5. The number of hydrogen-bond acceptors (Lipinski definition) is 7. The molecule has 0 radical (unpaired) electrons. The molecule has 0 bridgehead atoms. The molecule has 3 rings (SSSR count). The first-order valence-electron chi connectivity index (χ1n) is 12.5. The van der Waals surface area contributed by atoms with Gasteiger partial charge in [0.25, 0.3) is 0 Å². The van der Waals surface area contributed by atoms with Gasteiger partial charge in [0.2, 0.25) is 5.95 Å². The van der Waals surface area contributed by atoms with Gasteiger partial charge in [-0.1, -0.05) is 51.6 Å². The summed E-state index contributed by atoms with van der Waals surface area (Å²) in [5, 5.41) is 14.5. The van der Waals surface area contributed by atoms with Crippen LogP contribution in [0.15, 0.2) is 67.2 Å². The van der Waals surface area contributed by atoms with Gasteiger partial charge in [0.15, 0.2) is 0 Å². The number of rotatable bonds is 12. The van der Waals surface area contributed by atoms with Gasteiger partial charge in [-0.05, 0) is 37.0 Å². The van der Waals surface area contributed by atoms with Crippen LogP contribution >= 0.6 is 0 Å².